The van der Waals surface area contributed by atoms with Crippen LogP contribution < -0.4 is 10.2 Å². The van der Waals surface area contributed by atoms with Crippen LogP contribution in [-0.2, 0) is 4.74 Å². The number of amides is 1. The third-order valence-corrected chi connectivity index (χ3v) is 4.62. The van der Waals surface area contributed by atoms with Crippen LogP contribution in [0.15, 0.2) is 30.5 Å². The predicted octanol–water partition coefficient (Wildman–Crippen LogP) is 2.51. The van der Waals surface area contributed by atoms with Crippen LogP contribution in [-0.4, -0.2) is 44.2 Å². The molecule has 1 aromatic carbocycles. The first-order valence-corrected chi connectivity index (χ1v) is 8.36. The Hall–Kier alpha value is -2.18. The third-order valence-electron chi connectivity index (χ3n) is 3.66. The molecule has 120 valence electrons. The Bertz CT molecular complexity index is 688. The number of anilines is 1. The zero-order valence-electron chi connectivity index (χ0n) is 13.0. The van der Waals surface area contributed by atoms with Crippen molar-refractivity contribution in [1.82, 2.24) is 10.3 Å². The molecule has 0 aliphatic carbocycles. The van der Waals surface area contributed by atoms with Gasteiger partial charge in [0, 0.05) is 25.8 Å². The Labute approximate surface area is 139 Å². The van der Waals surface area contributed by atoms with Crippen LogP contribution in [0.25, 0.3) is 12.2 Å². The summed E-state index contributed by atoms with van der Waals surface area (Å²) in [7, 11) is 1.62. The normalized spacial score (nSPS) is 15.1. The van der Waals surface area contributed by atoms with Crippen molar-refractivity contribution in [1.29, 1.82) is 0 Å². The van der Waals surface area contributed by atoms with Gasteiger partial charge in [0.25, 0.3) is 5.91 Å². The van der Waals surface area contributed by atoms with Gasteiger partial charge in [-0.1, -0.05) is 18.2 Å². The number of ether oxygens (including phenoxy) is 1. The molecule has 0 saturated carbocycles. The van der Waals surface area contributed by atoms with E-state index >= 15 is 0 Å². The molecular formula is C17H19N3O2S. The van der Waals surface area contributed by atoms with Crippen molar-refractivity contribution in [3.05, 3.63) is 45.9 Å². The quantitative estimate of drug-likeness (QED) is 0.936. The van der Waals surface area contributed by atoms with E-state index in [9.17, 15) is 4.79 Å². The lowest BCUT2D eigenvalue weighted by molar-refractivity contribution is 0.0967. The van der Waals surface area contributed by atoms with Gasteiger partial charge in [-0.3, -0.25) is 4.79 Å². The van der Waals surface area contributed by atoms with Crippen LogP contribution >= 0.6 is 11.3 Å². The van der Waals surface area contributed by atoms with Crippen LogP contribution in [0, 0.1) is 0 Å². The van der Waals surface area contributed by atoms with Gasteiger partial charge in [-0.25, -0.2) is 4.98 Å². The van der Waals surface area contributed by atoms with Crippen molar-refractivity contribution in [2.45, 2.75) is 0 Å². The summed E-state index contributed by atoms with van der Waals surface area (Å²) in [6.07, 6.45) is 5.54. The Morgan fingerprint density at radius 1 is 1.26 bits per heavy atom. The number of thiazole rings is 1. The second-order valence-electron chi connectivity index (χ2n) is 5.17. The van der Waals surface area contributed by atoms with E-state index in [1.54, 1.807) is 13.2 Å². The Balaban J connectivity index is 1.65. The standard InChI is InChI=1S/C17H19N3O2S/c1-18-17(21)15-12-19-16(23-15)7-4-13-2-5-14(6-3-13)20-8-10-22-11-9-20/h2-7,12H,8-11H2,1H3,(H,18,21)/b7-4+. The number of rotatable bonds is 4. The van der Waals surface area contributed by atoms with Crippen LogP contribution in [0.4, 0.5) is 5.69 Å². The molecule has 2 aromatic rings. The van der Waals surface area contributed by atoms with Gasteiger partial charge in [0.1, 0.15) is 9.88 Å². The fraction of sp³-hybridized carbons (Fsp3) is 0.294. The summed E-state index contributed by atoms with van der Waals surface area (Å²) >= 11 is 1.38. The fourth-order valence-corrected chi connectivity index (χ4v) is 3.15. The molecule has 1 fully saturated rings. The van der Waals surface area contributed by atoms with E-state index in [2.05, 4.69) is 39.5 Å². The molecule has 1 amide bonds. The molecule has 1 aromatic heterocycles. The number of carbonyl (C=O) groups excluding carboxylic acids is 1. The van der Waals surface area contributed by atoms with Crippen molar-refractivity contribution < 1.29 is 9.53 Å². The number of carbonyl (C=O) groups is 1. The van der Waals surface area contributed by atoms with E-state index in [0.717, 1.165) is 36.9 Å². The van der Waals surface area contributed by atoms with Gasteiger partial charge >= 0.3 is 0 Å². The average molecular weight is 329 g/mol. The summed E-state index contributed by atoms with van der Waals surface area (Å²) < 4.78 is 5.37. The van der Waals surface area contributed by atoms with E-state index in [1.807, 2.05) is 12.2 Å². The minimum absolute atomic E-state index is 0.1000. The molecule has 0 spiro atoms. The lowest BCUT2D eigenvalue weighted by Gasteiger charge is -2.28. The summed E-state index contributed by atoms with van der Waals surface area (Å²) in [6, 6.07) is 8.44. The minimum Gasteiger partial charge on any atom is -0.378 e. The minimum atomic E-state index is -0.1000. The molecule has 6 heteroatoms. The number of morpholine rings is 1. The summed E-state index contributed by atoms with van der Waals surface area (Å²) in [6.45, 7) is 3.46. The topological polar surface area (TPSA) is 54.5 Å². The van der Waals surface area contributed by atoms with Crippen LogP contribution in [0.5, 0.6) is 0 Å². The number of aromatic nitrogens is 1. The first-order chi connectivity index (χ1) is 11.3. The lowest BCUT2D eigenvalue weighted by Crippen LogP contribution is -2.36. The predicted molar refractivity (Wildman–Crippen MR) is 93.9 cm³/mol. The molecule has 1 aliphatic rings. The summed E-state index contributed by atoms with van der Waals surface area (Å²) in [4.78, 5) is 18.7. The van der Waals surface area contributed by atoms with E-state index < -0.39 is 0 Å². The second kappa shape index (κ2) is 7.39. The van der Waals surface area contributed by atoms with Gasteiger partial charge in [0.2, 0.25) is 0 Å². The molecule has 1 aliphatic heterocycles. The molecule has 5 nitrogen and oxygen atoms in total. The molecule has 3 rings (SSSR count). The Morgan fingerprint density at radius 3 is 2.70 bits per heavy atom. The highest BCUT2D eigenvalue weighted by Gasteiger charge is 2.10. The Kier molecular flexibility index (Phi) is 5.05. The summed E-state index contributed by atoms with van der Waals surface area (Å²) in [5.74, 6) is -0.1000. The maximum atomic E-state index is 11.5. The van der Waals surface area contributed by atoms with E-state index in [0.29, 0.717) is 4.88 Å². The van der Waals surface area contributed by atoms with Crippen LogP contribution in [0.3, 0.4) is 0 Å². The van der Waals surface area contributed by atoms with Crippen molar-refractivity contribution in [3.8, 4) is 0 Å². The van der Waals surface area contributed by atoms with Crippen molar-refractivity contribution in [2.24, 2.45) is 0 Å². The highest BCUT2D eigenvalue weighted by molar-refractivity contribution is 7.14. The van der Waals surface area contributed by atoms with E-state index in [-0.39, 0.29) is 5.91 Å². The Morgan fingerprint density at radius 2 is 2.00 bits per heavy atom. The van der Waals surface area contributed by atoms with Crippen molar-refractivity contribution in [2.75, 3.05) is 38.3 Å². The molecule has 0 unspecified atom stereocenters. The fourth-order valence-electron chi connectivity index (χ4n) is 2.38. The van der Waals surface area contributed by atoms with Crippen molar-refractivity contribution in [3.63, 3.8) is 0 Å². The maximum Gasteiger partial charge on any atom is 0.262 e. The highest BCUT2D eigenvalue weighted by atomic mass is 32.1. The third kappa shape index (κ3) is 3.97. The molecule has 1 saturated heterocycles. The molecule has 23 heavy (non-hydrogen) atoms. The van der Waals surface area contributed by atoms with Crippen LogP contribution in [0.2, 0.25) is 0 Å². The first-order valence-electron chi connectivity index (χ1n) is 7.55. The molecule has 0 bridgehead atoms. The molecule has 0 radical (unpaired) electrons. The van der Waals surface area contributed by atoms with Gasteiger partial charge in [0.05, 0.1) is 19.4 Å². The largest absolute Gasteiger partial charge is 0.378 e. The van der Waals surface area contributed by atoms with Crippen LogP contribution in [0.1, 0.15) is 20.2 Å². The van der Waals surface area contributed by atoms with E-state index in [4.69, 9.17) is 4.74 Å². The second-order valence-corrected chi connectivity index (χ2v) is 6.23. The zero-order chi connectivity index (χ0) is 16.1. The number of hydrogen-bond acceptors (Lipinski definition) is 5. The number of benzene rings is 1. The average Bonchev–Trinajstić information content (AvgIpc) is 3.09. The maximum absolute atomic E-state index is 11.5. The van der Waals surface area contributed by atoms with E-state index in [1.165, 1.54) is 17.0 Å². The first kappa shape index (κ1) is 15.7. The molecule has 2 heterocycles. The number of nitrogens with one attached hydrogen (secondary N) is 1. The van der Waals surface area contributed by atoms with Crippen molar-refractivity contribution >= 4 is 35.1 Å². The smallest absolute Gasteiger partial charge is 0.262 e. The van der Waals surface area contributed by atoms with Gasteiger partial charge in [-0.15, -0.1) is 11.3 Å². The molecule has 1 N–H and O–H groups in total. The number of nitrogens with zero attached hydrogens (tertiary/aromatic N) is 2. The lowest BCUT2D eigenvalue weighted by atomic mass is 10.2. The van der Waals surface area contributed by atoms with Gasteiger partial charge < -0.3 is 15.0 Å². The van der Waals surface area contributed by atoms with Gasteiger partial charge in [-0.05, 0) is 23.8 Å². The summed E-state index contributed by atoms with van der Waals surface area (Å²) in [5, 5.41) is 3.42. The monoisotopic (exact) mass is 329 g/mol. The van der Waals surface area contributed by atoms with Gasteiger partial charge in [-0.2, -0.15) is 0 Å². The number of hydrogen-bond donors (Lipinski definition) is 1. The molecular weight excluding hydrogens is 310 g/mol. The highest BCUT2D eigenvalue weighted by Crippen LogP contribution is 2.19. The zero-order valence-corrected chi connectivity index (χ0v) is 13.8. The summed E-state index contributed by atoms with van der Waals surface area (Å²) in [5.41, 5.74) is 2.33. The SMILES string of the molecule is CNC(=O)c1cnc(/C=C/c2ccc(N3CCOCC3)cc2)s1. The molecule has 0 atom stereocenters. The van der Waals surface area contributed by atoms with Gasteiger partial charge in [0.15, 0.2) is 0 Å².